The van der Waals surface area contributed by atoms with Gasteiger partial charge in [-0.25, -0.2) is 0 Å². The van der Waals surface area contributed by atoms with Gasteiger partial charge in [-0.05, 0) is 23.3 Å². The van der Waals surface area contributed by atoms with Crippen molar-refractivity contribution in [3.8, 4) is 22.9 Å². The second-order valence-corrected chi connectivity index (χ2v) is 3.55. The molecule has 0 radical (unpaired) electrons. The van der Waals surface area contributed by atoms with Crippen molar-refractivity contribution in [2.45, 2.75) is 0 Å². The Morgan fingerprint density at radius 1 is 1.18 bits per heavy atom. The molecule has 0 saturated heterocycles. The number of nitriles is 1. The van der Waals surface area contributed by atoms with Crippen LogP contribution in [0.2, 0.25) is 0 Å². The number of rotatable bonds is 2. The van der Waals surface area contributed by atoms with Crippen LogP contribution in [0.5, 0.6) is 5.75 Å². The summed E-state index contributed by atoms with van der Waals surface area (Å²) in [5, 5.41) is 18.3. The summed E-state index contributed by atoms with van der Waals surface area (Å²) < 4.78 is 0. The summed E-state index contributed by atoms with van der Waals surface area (Å²) >= 11 is 0. The summed E-state index contributed by atoms with van der Waals surface area (Å²) in [5.74, 6) is -0.0557. The Bertz CT molecular complexity index is 612. The molecule has 2 aromatic rings. The number of hydrogen-bond donors (Lipinski definition) is 1. The minimum atomic E-state index is -0.0557. The highest BCUT2D eigenvalue weighted by Gasteiger charge is 2.07. The summed E-state index contributed by atoms with van der Waals surface area (Å²) in [7, 11) is 0. The molecule has 0 unspecified atom stereocenters. The SMILES string of the molecule is N#Cc1cc(-c2ccccc2C=O)ccc1O. The maximum atomic E-state index is 10.9. The lowest BCUT2D eigenvalue weighted by Gasteiger charge is -2.05. The smallest absolute Gasteiger partial charge is 0.150 e. The molecule has 0 amide bonds. The summed E-state index contributed by atoms with van der Waals surface area (Å²) in [5.41, 5.74) is 2.24. The molecule has 0 aromatic heterocycles. The number of carbonyl (C=O) groups is 1. The van der Waals surface area contributed by atoms with Crippen LogP contribution in [-0.4, -0.2) is 11.4 Å². The Hall–Kier alpha value is -2.60. The summed E-state index contributed by atoms with van der Waals surface area (Å²) in [4.78, 5) is 10.9. The largest absolute Gasteiger partial charge is 0.507 e. The zero-order chi connectivity index (χ0) is 12.3. The van der Waals surface area contributed by atoms with E-state index < -0.39 is 0 Å². The van der Waals surface area contributed by atoms with Crippen LogP contribution in [-0.2, 0) is 0 Å². The molecule has 3 nitrogen and oxygen atoms in total. The second kappa shape index (κ2) is 4.50. The average Bonchev–Trinajstić information content (AvgIpc) is 2.39. The molecule has 3 heteroatoms. The highest BCUT2D eigenvalue weighted by atomic mass is 16.3. The molecule has 0 bridgehead atoms. The van der Waals surface area contributed by atoms with E-state index in [-0.39, 0.29) is 11.3 Å². The topological polar surface area (TPSA) is 61.1 Å². The fourth-order valence-electron chi connectivity index (χ4n) is 1.66. The number of phenolic OH excluding ortho intramolecular Hbond substituents is 1. The van der Waals surface area contributed by atoms with Crippen molar-refractivity contribution in [2.75, 3.05) is 0 Å². The lowest BCUT2D eigenvalue weighted by molar-refractivity contribution is 0.112. The first kappa shape index (κ1) is 10.9. The van der Waals surface area contributed by atoms with E-state index in [2.05, 4.69) is 0 Å². The van der Waals surface area contributed by atoms with Gasteiger partial charge in [0.25, 0.3) is 0 Å². The highest BCUT2D eigenvalue weighted by molar-refractivity contribution is 5.87. The first-order valence-corrected chi connectivity index (χ1v) is 5.04. The second-order valence-electron chi connectivity index (χ2n) is 3.55. The standard InChI is InChI=1S/C14H9NO2/c15-8-12-7-10(5-6-14(12)17)13-4-2-1-3-11(13)9-16/h1-7,9,17H. The van der Waals surface area contributed by atoms with Gasteiger partial charge in [-0.1, -0.05) is 30.3 Å². The van der Waals surface area contributed by atoms with E-state index in [4.69, 9.17) is 5.26 Å². The van der Waals surface area contributed by atoms with E-state index in [1.165, 1.54) is 6.07 Å². The molecule has 0 aliphatic heterocycles. The molecule has 17 heavy (non-hydrogen) atoms. The van der Waals surface area contributed by atoms with Crippen LogP contribution >= 0.6 is 0 Å². The van der Waals surface area contributed by atoms with Crippen molar-refractivity contribution in [1.29, 1.82) is 5.26 Å². The van der Waals surface area contributed by atoms with E-state index in [1.54, 1.807) is 30.3 Å². The molecule has 0 spiro atoms. The Kier molecular flexibility index (Phi) is 2.89. The van der Waals surface area contributed by atoms with Crippen LogP contribution in [0.1, 0.15) is 15.9 Å². The molecule has 0 aliphatic carbocycles. The van der Waals surface area contributed by atoms with Gasteiger partial charge >= 0.3 is 0 Å². The Labute approximate surface area is 98.6 Å². The van der Waals surface area contributed by atoms with Crippen LogP contribution < -0.4 is 0 Å². The van der Waals surface area contributed by atoms with E-state index in [0.717, 1.165) is 17.4 Å². The summed E-state index contributed by atoms with van der Waals surface area (Å²) in [6.45, 7) is 0. The van der Waals surface area contributed by atoms with Gasteiger partial charge < -0.3 is 5.11 Å². The fourth-order valence-corrected chi connectivity index (χ4v) is 1.66. The van der Waals surface area contributed by atoms with Crippen LogP contribution in [0.4, 0.5) is 0 Å². The highest BCUT2D eigenvalue weighted by Crippen LogP contribution is 2.27. The number of carbonyl (C=O) groups excluding carboxylic acids is 1. The molecule has 0 saturated carbocycles. The third-order valence-corrected chi connectivity index (χ3v) is 2.52. The maximum Gasteiger partial charge on any atom is 0.150 e. The van der Waals surface area contributed by atoms with Crippen LogP contribution in [0, 0.1) is 11.3 Å². The lowest BCUT2D eigenvalue weighted by Crippen LogP contribution is -1.87. The zero-order valence-corrected chi connectivity index (χ0v) is 8.92. The minimum Gasteiger partial charge on any atom is -0.507 e. The van der Waals surface area contributed by atoms with Crippen LogP contribution in [0.15, 0.2) is 42.5 Å². The zero-order valence-electron chi connectivity index (χ0n) is 8.92. The molecule has 0 atom stereocenters. The fraction of sp³-hybridized carbons (Fsp3) is 0. The Morgan fingerprint density at radius 2 is 1.94 bits per heavy atom. The van der Waals surface area contributed by atoms with Gasteiger partial charge in [0.05, 0.1) is 5.56 Å². The molecule has 0 aliphatic rings. The van der Waals surface area contributed by atoms with Gasteiger partial charge in [0.1, 0.15) is 11.8 Å². The Balaban J connectivity index is 2.61. The first-order valence-electron chi connectivity index (χ1n) is 5.04. The van der Waals surface area contributed by atoms with E-state index in [0.29, 0.717) is 5.56 Å². The molecular formula is C14H9NO2. The van der Waals surface area contributed by atoms with Crippen molar-refractivity contribution in [2.24, 2.45) is 0 Å². The quantitative estimate of drug-likeness (QED) is 0.796. The minimum absolute atomic E-state index is 0.0557. The maximum absolute atomic E-state index is 10.9. The number of hydrogen-bond acceptors (Lipinski definition) is 3. The van der Waals surface area contributed by atoms with Crippen molar-refractivity contribution in [3.63, 3.8) is 0 Å². The molecular weight excluding hydrogens is 214 g/mol. The number of phenols is 1. The van der Waals surface area contributed by atoms with E-state index in [9.17, 15) is 9.90 Å². The van der Waals surface area contributed by atoms with Gasteiger partial charge in [0, 0.05) is 5.56 Å². The molecule has 0 heterocycles. The molecule has 0 fully saturated rings. The van der Waals surface area contributed by atoms with E-state index in [1.807, 2.05) is 12.1 Å². The number of nitrogens with zero attached hydrogens (tertiary/aromatic N) is 1. The van der Waals surface area contributed by atoms with Crippen LogP contribution in [0.25, 0.3) is 11.1 Å². The molecule has 82 valence electrons. The van der Waals surface area contributed by atoms with Gasteiger partial charge in [0.15, 0.2) is 6.29 Å². The Morgan fingerprint density at radius 3 is 2.65 bits per heavy atom. The molecule has 2 rings (SSSR count). The summed E-state index contributed by atoms with van der Waals surface area (Å²) in [6, 6.07) is 13.7. The van der Waals surface area contributed by atoms with Gasteiger partial charge in [-0.15, -0.1) is 0 Å². The molecule has 2 aromatic carbocycles. The van der Waals surface area contributed by atoms with Gasteiger partial charge in [0.2, 0.25) is 0 Å². The van der Waals surface area contributed by atoms with Gasteiger partial charge in [-0.2, -0.15) is 5.26 Å². The number of aldehydes is 1. The van der Waals surface area contributed by atoms with Crippen molar-refractivity contribution in [3.05, 3.63) is 53.6 Å². The predicted octanol–water partition coefficient (Wildman–Crippen LogP) is 2.74. The average molecular weight is 223 g/mol. The van der Waals surface area contributed by atoms with Crippen molar-refractivity contribution < 1.29 is 9.90 Å². The number of aromatic hydroxyl groups is 1. The predicted molar refractivity (Wildman–Crippen MR) is 63.6 cm³/mol. The summed E-state index contributed by atoms with van der Waals surface area (Å²) in [6.07, 6.45) is 0.772. The monoisotopic (exact) mass is 223 g/mol. The van der Waals surface area contributed by atoms with Crippen molar-refractivity contribution >= 4 is 6.29 Å². The number of benzene rings is 2. The first-order chi connectivity index (χ1) is 8.26. The van der Waals surface area contributed by atoms with Crippen LogP contribution in [0.3, 0.4) is 0 Å². The van der Waals surface area contributed by atoms with E-state index >= 15 is 0 Å². The van der Waals surface area contributed by atoms with Gasteiger partial charge in [-0.3, -0.25) is 4.79 Å². The third-order valence-electron chi connectivity index (χ3n) is 2.52. The molecule has 1 N–H and O–H groups in total. The van der Waals surface area contributed by atoms with Crippen molar-refractivity contribution in [1.82, 2.24) is 0 Å². The third kappa shape index (κ3) is 2.01. The lowest BCUT2D eigenvalue weighted by atomic mass is 9.98. The normalized spacial score (nSPS) is 9.59.